The van der Waals surface area contributed by atoms with Crippen molar-refractivity contribution in [1.29, 1.82) is 0 Å². The minimum atomic E-state index is -0.610. The number of hydrogen-bond acceptors (Lipinski definition) is 7. The van der Waals surface area contributed by atoms with Crippen LogP contribution in [0.2, 0.25) is 0 Å². The van der Waals surface area contributed by atoms with E-state index < -0.39 is 17.2 Å². The van der Waals surface area contributed by atoms with Gasteiger partial charge in [-0.15, -0.1) is 5.11 Å². The number of nitrogens with one attached hydrogen (secondary N) is 3. The van der Waals surface area contributed by atoms with Gasteiger partial charge in [-0.25, -0.2) is 4.79 Å². The van der Waals surface area contributed by atoms with Gasteiger partial charge in [-0.05, 0) is 41.8 Å². The minimum Gasteiger partial charge on any atom is -0.505 e. The number of carbonyl (C=O) groups excluding carboxylic acids is 1. The summed E-state index contributed by atoms with van der Waals surface area (Å²) in [5, 5.41) is 23.7. The van der Waals surface area contributed by atoms with E-state index in [4.69, 9.17) is 4.74 Å². The van der Waals surface area contributed by atoms with E-state index in [1.54, 1.807) is 60.7 Å². The molecule has 10 heteroatoms. The van der Waals surface area contributed by atoms with Crippen molar-refractivity contribution in [1.82, 2.24) is 9.97 Å². The normalized spacial score (nSPS) is 11.2. The van der Waals surface area contributed by atoms with Crippen molar-refractivity contribution in [2.24, 2.45) is 10.2 Å². The smallest absolute Gasteiger partial charge is 0.326 e. The number of H-pyrrole nitrogens is 2. The Labute approximate surface area is 202 Å². The van der Waals surface area contributed by atoms with E-state index in [1.807, 2.05) is 0 Å². The summed E-state index contributed by atoms with van der Waals surface area (Å²) in [7, 11) is 1.50. The van der Waals surface area contributed by atoms with Crippen LogP contribution < -0.4 is 21.3 Å². The number of carbonyl (C=O) groups is 1. The number of aromatic hydroxyl groups is 1. The molecule has 0 atom stereocenters. The zero-order valence-electron chi connectivity index (χ0n) is 18.9. The van der Waals surface area contributed by atoms with Gasteiger partial charge in [0.1, 0.15) is 11.4 Å². The number of hydrogen-bond donors (Lipinski definition) is 4. The fourth-order valence-corrected chi connectivity index (χ4v) is 3.85. The third-order valence-electron chi connectivity index (χ3n) is 5.58. The van der Waals surface area contributed by atoms with Gasteiger partial charge >= 0.3 is 5.69 Å². The van der Waals surface area contributed by atoms with Gasteiger partial charge in [0.25, 0.3) is 11.5 Å². The highest BCUT2D eigenvalue weighted by Crippen LogP contribution is 2.40. The summed E-state index contributed by atoms with van der Waals surface area (Å²) in [4.78, 5) is 41.4. The summed E-state index contributed by atoms with van der Waals surface area (Å²) in [5.41, 5.74) is 0.0315. The minimum absolute atomic E-state index is 0.00101. The van der Waals surface area contributed by atoms with E-state index in [1.165, 1.54) is 19.2 Å². The van der Waals surface area contributed by atoms with Gasteiger partial charge in [-0.1, -0.05) is 36.4 Å². The lowest BCUT2D eigenvalue weighted by molar-refractivity contribution is 0.102. The number of phenols is 1. The first-order valence-corrected chi connectivity index (χ1v) is 10.8. The first-order valence-electron chi connectivity index (χ1n) is 10.8. The largest absolute Gasteiger partial charge is 0.505 e. The molecule has 0 saturated carbocycles. The number of benzene rings is 4. The molecule has 0 saturated heterocycles. The Morgan fingerprint density at radius 2 is 1.69 bits per heavy atom. The highest BCUT2D eigenvalue weighted by atomic mass is 16.5. The number of fused-ring (bicyclic) bond motifs is 2. The molecule has 1 aromatic heterocycles. The molecule has 10 nitrogen and oxygen atoms in total. The van der Waals surface area contributed by atoms with Gasteiger partial charge in [0.2, 0.25) is 0 Å². The summed E-state index contributed by atoms with van der Waals surface area (Å²) in [6.45, 7) is 0. The number of rotatable bonds is 5. The summed E-state index contributed by atoms with van der Waals surface area (Å²) < 4.78 is 5.28. The fraction of sp³-hybridized carbons (Fsp3) is 0.0385. The van der Waals surface area contributed by atoms with Crippen LogP contribution in [-0.2, 0) is 0 Å². The lowest BCUT2D eigenvalue weighted by Crippen LogP contribution is -2.21. The molecule has 0 unspecified atom stereocenters. The molecule has 0 aliphatic rings. The molecule has 5 rings (SSSR count). The number of aromatic amines is 2. The topological polar surface area (TPSA) is 149 Å². The van der Waals surface area contributed by atoms with Crippen LogP contribution in [0, 0.1) is 0 Å². The van der Waals surface area contributed by atoms with E-state index in [0.717, 1.165) is 0 Å². The Morgan fingerprint density at radius 1 is 0.917 bits per heavy atom. The third kappa shape index (κ3) is 4.18. The van der Waals surface area contributed by atoms with Crippen LogP contribution in [0.1, 0.15) is 10.4 Å². The highest BCUT2D eigenvalue weighted by Gasteiger charge is 2.19. The molecule has 0 aliphatic carbocycles. The molecular formula is C26H19N5O5. The number of methoxy groups -OCH3 is 1. The van der Waals surface area contributed by atoms with Crippen molar-refractivity contribution in [2.75, 3.05) is 12.4 Å². The Bertz CT molecular complexity index is 1790. The molecule has 36 heavy (non-hydrogen) atoms. The van der Waals surface area contributed by atoms with Crippen molar-refractivity contribution in [3.63, 3.8) is 0 Å². The molecule has 0 spiro atoms. The first-order chi connectivity index (χ1) is 17.4. The lowest BCUT2D eigenvalue weighted by atomic mass is 10.0. The average molecular weight is 481 g/mol. The Balaban J connectivity index is 1.58. The van der Waals surface area contributed by atoms with E-state index in [9.17, 15) is 19.5 Å². The Hall–Kier alpha value is -5.25. The molecule has 4 N–H and O–H groups in total. The van der Waals surface area contributed by atoms with Gasteiger partial charge in [0.15, 0.2) is 5.75 Å². The summed E-state index contributed by atoms with van der Waals surface area (Å²) in [5.74, 6) is -0.438. The molecule has 0 aliphatic heterocycles. The SMILES string of the molecule is COc1ccccc1NC(=O)c1cc2ccccc2c(N=Nc2ccc3[nH]c(=O)[nH]c(=O)c3c2)c1O. The molecule has 0 bridgehead atoms. The lowest BCUT2D eigenvalue weighted by Gasteiger charge is -2.13. The average Bonchev–Trinajstić information content (AvgIpc) is 2.88. The Kier molecular flexibility index (Phi) is 5.75. The molecule has 0 fully saturated rings. The van der Waals surface area contributed by atoms with Crippen molar-refractivity contribution >= 4 is 44.6 Å². The number of nitrogens with zero attached hydrogens (tertiary/aromatic N) is 2. The van der Waals surface area contributed by atoms with Crippen molar-refractivity contribution in [3.05, 3.63) is 99.2 Å². The number of azo groups is 1. The summed E-state index contributed by atoms with van der Waals surface area (Å²) in [6, 6.07) is 20.2. The number of aromatic nitrogens is 2. The zero-order chi connectivity index (χ0) is 25.2. The zero-order valence-corrected chi connectivity index (χ0v) is 18.9. The Morgan fingerprint density at radius 3 is 2.53 bits per heavy atom. The highest BCUT2D eigenvalue weighted by molar-refractivity contribution is 6.12. The molecule has 0 radical (unpaired) electrons. The molecule has 4 aromatic carbocycles. The van der Waals surface area contributed by atoms with E-state index in [0.29, 0.717) is 33.4 Å². The van der Waals surface area contributed by atoms with Crippen LogP contribution >= 0.6 is 0 Å². The van der Waals surface area contributed by atoms with Crippen LogP contribution in [0.4, 0.5) is 17.1 Å². The number of anilines is 1. The summed E-state index contributed by atoms with van der Waals surface area (Å²) >= 11 is 0. The van der Waals surface area contributed by atoms with Crippen LogP contribution in [-0.4, -0.2) is 28.1 Å². The number of phenolic OH excluding ortho intramolecular Hbond substituents is 1. The maximum Gasteiger partial charge on any atom is 0.326 e. The molecule has 178 valence electrons. The molecule has 1 heterocycles. The second-order valence-electron chi connectivity index (χ2n) is 7.84. The predicted octanol–water partition coefficient (Wildman–Crippen LogP) is 4.75. The van der Waals surface area contributed by atoms with Crippen LogP contribution in [0.3, 0.4) is 0 Å². The summed E-state index contributed by atoms with van der Waals surface area (Å²) in [6.07, 6.45) is 0. The quantitative estimate of drug-likeness (QED) is 0.267. The number of para-hydroxylation sites is 2. The second kappa shape index (κ2) is 9.18. The van der Waals surface area contributed by atoms with Crippen LogP contribution in [0.15, 0.2) is 92.6 Å². The standard InChI is InChI=1S/C26H19N5O5/c1-36-21-9-5-4-8-20(21)27-25(34)18-12-14-6-2-3-7-16(14)22(23(18)32)31-30-15-10-11-19-17(13-15)24(33)29-26(35)28-19/h2-13,32H,1H3,(H,27,34)(H2,28,29,33,35). The maximum atomic E-state index is 13.1. The van der Waals surface area contributed by atoms with E-state index >= 15 is 0 Å². The third-order valence-corrected chi connectivity index (χ3v) is 5.58. The first kappa shape index (κ1) is 22.5. The van der Waals surface area contributed by atoms with Gasteiger partial charge in [0.05, 0.1) is 35.0 Å². The van der Waals surface area contributed by atoms with E-state index in [-0.39, 0.29) is 22.4 Å². The fourth-order valence-electron chi connectivity index (χ4n) is 3.85. The monoisotopic (exact) mass is 481 g/mol. The van der Waals surface area contributed by atoms with Gasteiger partial charge in [-0.3, -0.25) is 14.6 Å². The molecular weight excluding hydrogens is 462 g/mol. The van der Waals surface area contributed by atoms with E-state index in [2.05, 4.69) is 25.5 Å². The van der Waals surface area contributed by atoms with Gasteiger partial charge in [-0.2, -0.15) is 5.11 Å². The van der Waals surface area contributed by atoms with Crippen molar-refractivity contribution in [3.8, 4) is 11.5 Å². The van der Waals surface area contributed by atoms with Crippen molar-refractivity contribution in [2.45, 2.75) is 0 Å². The van der Waals surface area contributed by atoms with Crippen LogP contribution in [0.5, 0.6) is 11.5 Å². The molecule has 5 aromatic rings. The molecule has 1 amide bonds. The predicted molar refractivity (Wildman–Crippen MR) is 136 cm³/mol. The number of ether oxygens (including phenoxy) is 1. The van der Waals surface area contributed by atoms with Crippen molar-refractivity contribution < 1.29 is 14.6 Å². The number of amides is 1. The second-order valence-corrected chi connectivity index (χ2v) is 7.84. The van der Waals surface area contributed by atoms with Crippen LogP contribution in [0.25, 0.3) is 21.7 Å². The van der Waals surface area contributed by atoms with Gasteiger partial charge in [0, 0.05) is 5.39 Å². The van der Waals surface area contributed by atoms with Gasteiger partial charge < -0.3 is 20.1 Å². The maximum absolute atomic E-state index is 13.1.